The van der Waals surface area contributed by atoms with Crippen molar-refractivity contribution < 1.29 is 14.5 Å². The molecule has 1 amide bonds. The van der Waals surface area contributed by atoms with Crippen LogP contribution in [0.15, 0.2) is 36.4 Å². The van der Waals surface area contributed by atoms with E-state index in [1.54, 1.807) is 12.1 Å². The summed E-state index contributed by atoms with van der Waals surface area (Å²) in [7, 11) is 1.48. The lowest BCUT2D eigenvalue weighted by Gasteiger charge is -2.11. The third kappa shape index (κ3) is 3.17. The molecule has 1 N–H and O–H groups in total. The highest BCUT2D eigenvalue weighted by molar-refractivity contribution is 6.32. The van der Waals surface area contributed by atoms with E-state index in [0.717, 1.165) is 5.56 Å². The molecule has 0 aromatic heterocycles. The lowest BCUT2D eigenvalue weighted by molar-refractivity contribution is -0.384. The van der Waals surface area contributed by atoms with Crippen molar-refractivity contribution in [3.63, 3.8) is 0 Å². The van der Waals surface area contributed by atoms with E-state index in [2.05, 4.69) is 5.32 Å². The first-order chi connectivity index (χ1) is 10.4. The number of benzene rings is 2. The van der Waals surface area contributed by atoms with Crippen LogP contribution in [0.5, 0.6) is 5.75 Å². The van der Waals surface area contributed by atoms with Crippen LogP contribution in [0.3, 0.4) is 0 Å². The number of hydrogen-bond acceptors (Lipinski definition) is 4. The predicted molar refractivity (Wildman–Crippen MR) is 83.8 cm³/mol. The van der Waals surface area contributed by atoms with Crippen LogP contribution in [0.1, 0.15) is 15.9 Å². The highest BCUT2D eigenvalue weighted by Crippen LogP contribution is 2.28. The highest BCUT2D eigenvalue weighted by Gasteiger charge is 2.17. The number of carbonyl (C=O) groups excluding carboxylic acids is 1. The molecule has 114 valence electrons. The number of halogens is 1. The zero-order chi connectivity index (χ0) is 16.3. The Hall–Kier alpha value is -2.60. The Balaban J connectivity index is 2.32. The Bertz CT molecular complexity index is 746. The summed E-state index contributed by atoms with van der Waals surface area (Å²) in [5.41, 5.74) is 1.18. The van der Waals surface area contributed by atoms with Crippen molar-refractivity contribution in [2.45, 2.75) is 6.92 Å². The first kappa shape index (κ1) is 15.8. The fourth-order valence-corrected chi connectivity index (χ4v) is 2.22. The van der Waals surface area contributed by atoms with Crippen molar-refractivity contribution in [1.29, 1.82) is 0 Å². The van der Waals surface area contributed by atoms with Gasteiger partial charge in [-0.2, -0.15) is 0 Å². The Morgan fingerprint density at radius 3 is 2.68 bits per heavy atom. The lowest BCUT2D eigenvalue weighted by Crippen LogP contribution is -2.13. The first-order valence-electron chi connectivity index (χ1n) is 6.33. The van der Waals surface area contributed by atoms with Gasteiger partial charge in [-0.15, -0.1) is 0 Å². The molecular formula is C15H13ClN2O4. The number of methoxy groups -OCH3 is 1. The number of ether oxygens (including phenoxy) is 1. The average molecular weight is 321 g/mol. The van der Waals surface area contributed by atoms with Gasteiger partial charge in [0, 0.05) is 11.8 Å². The van der Waals surface area contributed by atoms with Crippen LogP contribution in [0.4, 0.5) is 11.4 Å². The number of nitrogens with zero attached hydrogens (tertiary/aromatic N) is 1. The van der Waals surface area contributed by atoms with Crippen molar-refractivity contribution >= 4 is 28.9 Å². The molecule has 2 rings (SSSR count). The smallest absolute Gasteiger partial charge is 0.289 e. The molecule has 0 saturated heterocycles. The number of amides is 1. The summed E-state index contributed by atoms with van der Waals surface area (Å²) in [6.07, 6.45) is 0. The minimum atomic E-state index is -0.606. The molecule has 6 nitrogen and oxygen atoms in total. The van der Waals surface area contributed by atoms with E-state index in [-0.39, 0.29) is 16.4 Å². The number of para-hydroxylation sites is 1. The number of carbonyl (C=O) groups is 1. The fourth-order valence-electron chi connectivity index (χ4n) is 2.03. The highest BCUT2D eigenvalue weighted by atomic mass is 35.5. The molecule has 0 aliphatic carbocycles. The minimum absolute atomic E-state index is 0.0103. The second kappa shape index (κ2) is 6.44. The second-order valence-corrected chi connectivity index (χ2v) is 4.94. The third-order valence-corrected chi connectivity index (χ3v) is 3.38. The largest absolute Gasteiger partial charge is 0.496 e. The fraction of sp³-hybridized carbons (Fsp3) is 0.133. The molecule has 0 radical (unpaired) electrons. The van der Waals surface area contributed by atoms with Gasteiger partial charge in [0.25, 0.3) is 11.6 Å². The van der Waals surface area contributed by atoms with Gasteiger partial charge in [-0.1, -0.05) is 23.7 Å². The zero-order valence-electron chi connectivity index (χ0n) is 11.9. The van der Waals surface area contributed by atoms with Gasteiger partial charge < -0.3 is 10.1 Å². The normalized spacial score (nSPS) is 10.1. The molecule has 7 heteroatoms. The topological polar surface area (TPSA) is 81.5 Å². The average Bonchev–Trinajstić information content (AvgIpc) is 2.48. The summed E-state index contributed by atoms with van der Waals surface area (Å²) in [6.45, 7) is 1.82. The van der Waals surface area contributed by atoms with Crippen LogP contribution in [-0.4, -0.2) is 17.9 Å². The molecule has 0 spiro atoms. The van der Waals surface area contributed by atoms with E-state index in [4.69, 9.17) is 16.3 Å². The summed E-state index contributed by atoms with van der Waals surface area (Å²) >= 11 is 5.74. The van der Waals surface area contributed by atoms with E-state index in [1.807, 2.05) is 13.0 Å². The Morgan fingerprint density at radius 1 is 1.32 bits per heavy atom. The number of nitro benzene ring substituents is 1. The van der Waals surface area contributed by atoms with Crippen molar-refractivity contribution in [3.05, 3.63) is 62.7 Å². The van der Waals surface area contributed by atoms with E-state index in [9.17, 15) is 14.9 Å². The summed E-state index contributed by atoms with van der Waals surface area (Å²) in [4.78, 5) is 22.6. The van der Waals surface area contributed by atoms with Crippen LogP contribution < -0.4 is 10.1 Å². The number of nitro groups is 1. The molecular weight excluding hydrogens is 308 g/mol. The van der Waals surface area contributed by atoms with Gasteiger partial charge in [0.15, 0.2) is 0 Å². The summed E-state index contributed by atoms with van der Waals surface area (Å²) in [6, 6.07) is 9.24. The Labute approximate surface area is 131 Å². The monoisotopic (exact) mass is 320 g/mol. The third-order valence-electron chi connectivity index (χ3n) is 3.06. The summed E-state index contributed by atoms with van der Waals surface area (Å²) in [5.74, 6) is 0.0423. The maximum Gasteiger partial charge on any atom is 0.289 e. The van der Waals surface area contributed by atoms with Gasteiger partial charge in [-0.25, -0.2) is 0 Å². The Kier molecular flexibility index (Phi) is 4.62. The number of aryl methyl sites for hydroxylation is 1. The van der Waals surface area contributed by atoms with Crippen LogP contribution in [0.25, 0.3) is 0 Å². The standard InChI is InChI=1S/C15H13ClN2O4/c1-9-4-3-5-11(14(9)22-2)15(19)17-10-6-7-12(16)13(8-10)18(20)21/h3-8H,1-2H3,(H,17,19). The van der Waals surface area contributed by atoms with Gasteiger partial charge in [-0.05, 0) is 30.7 Å². The van der Waals surface area contributed by atoms with Crippen molar-refractivity contribution in [2.24, 2.45) is 0 Å². The molecule has 0 aliphatic heterocycles. The minimum Gasteiger partial charge on any atom is -0.496 e. The van der Waals surface area contributed by atoms with Gasteiger partial charge in [0.05, 0.1) is 17.6 Å². The molecule has 2 aromatic carbocycles. The Morgan fingerprint density at radius 2 is 2.05 bits per heavy atom. The van der Waals surface area contributed by atoms with E-state index in [0.29, 0.717) is 11.3 Å². The van der Waals surface area contributed by atoms with Gasteiger partial charge in [0.2, 0.25) is 0 Å². The number of anilines is 1. The number of nitrogens with one attached hydrogen (secondary N) is 1. The van der Waals surface area contributed by atoms with Crippen molar-refractivity contribution in [3.8, 4) is 5.75 Å². The molecule has 0 heterocycles. The van der Waals surface area contributed by atoms with Gasteiger partial charge >= 0.3 is 0 Å². The number of rotatable bonds is 4. The SMILES string of the molecule is COc1c(C)cccc1C(=O)Nc1ccc(Cl)c([N+](=O)[O-])c1. The van der Waals surface area contributed by atoms with Gasteiger partial charge in [0.1, 0.15) is 10.8 Å². The maximum absolute atomic E-state index is 12.3. The quantitative estimate of drug-likeness (QED) is 0.686. The van der Waals surface area contributed by atoms with E-state index in [1.165, 1.54) is 25.3 Å². The van der Waals surface area contributed by atoms with Crippen LogP contribution in [0.2, 0.25) is 5.02 Å². The molecule has 0 fully saturated rings. The van der Waals surface area contributed by atoms with Crippen molar-refractivity contribution in [2.75, 3.05) is 12.4 Å². The van der Waals surface area contributed by atoms with Gasteiger partial charge in [-0.3, -0.25) is 14.9 Å². The van der Waals surface area contributed by atoms with Crippen molar-refractivity contribution in [1.82, 2.24) is 0 Å². The zero-order valence-corrected chi connectivity index (χ0v) is 12.7. The maximum atomic E-state index is 12.3. The summed E-state index contributed by atoms with van der Waals surface area (Å²) in [5, 5.41) is 13.5. The molecule has 0 aliphatic rings. The van der Waals surface area contributed by atoms with E-state index >= 15 is 0 Å². The number of hydrogen-bond donors (Lipinski definition) is 1. The summed E-state index contributed by atoms with van der Waals surface area (Å²) < 4.78 is 5.23. The van der Waals surface area contributed by atoms with Crippen LogP contribution >= 0.6 is 11.6 Å². The first-order valence-corrected chi connectivity index (χ1v) is 6.70. The molecule has 0 bridgehead atoms. The lowest BCUT2D eigenvalue weighted by atomic mass is 10.1. The predicted octanol–water partition coefficient (Wildman–Crippen LogP) is 3.82. The second-order valence-electron chi connectivity index (χ2n) is 4.53. The molecule has 0 saturated carbocycles. The van der Waals surface area contributed by atoms with Crippen LogP contribution in [-0.2, 0) is 0 Å². The van der Waals surface area contributed by atoms with E-state index < -0.39 is 10.8 Å². The molecule has 22 heavy (non-hydrogen) atoms. The molecule has 0 unspecified atom stereocenters. The molecule has 2 aromatic rings. The molecule has 0 atom stereocenters. The van der Waals surface area contributed by atoms with Crippen LogP contribution in [0, 0.1) is 17.0 Å².